The summed E-state index contributed by atoms with van der Waals surface area (Å²) in [6.45, 7) is 3.39. The summed E-state index contributed by atoms with van der Waals surface area (Å²) in [4.78, 5) is 16.9. The lowest BCUT2D eigenvalue weighted by molar-refractivity contribution is 0.0984. The highest BCUT2D eigenvalue weighted by molar-refractivity contribution is 6.06. The van der Waals surface area contributed by atoms with Gasteiger partial charge in [0, 0.05) is 24.3 Å². The lowest BCUT2D eigenvalue weighted by Gasteiger charge is -2.30. The monoisotopic (exact) mass is 368 g/mol. The SMILES string of the molecule is O=C(c1cccc(F)c1)N1CCCc2cc(C(O)CN3CCCC3)ccc21. The van der Waals surface area contributed by atoms with Crippen LogP contribution in [0.5, 0.6) is 0 Å². The number of hydrogen-bond acceptors (Lipinski definition) is 3. The van der Waals surface area contributed by atoms with Crippen LogP contribution in [0, 0.1) is 5.82 Å². The minimum Gasteiger partial charge on any atom is -0.387 e. The Labute approximate surface area is 159 Å². The zero-order valence-corrected chi connectivity index (χ0v) is 15.4. The van der Waals surface area contributed by atoms with Crippen LogP contribution in [0.4, 0.5) is 10.1 Å². The Morgan fingerprint density at radius 3 is 2.67 bits per heavy atom. The molecule has 1 N–H and O–H groups in total. The van der Waals surface area contributed by atoms with Gasteiger partial charge in [-0.3, -0.25) is 4.79 Å². The number of likely N-dealkylation sites (tertiary alicyclic amines) is 1. The van der Waals surface area contributed by atoms with Crippen LogP contribution in [0.25, 0.3) is 0 Å². The van der Waals surface area contributed by atoms with Crippen molar-refractivity contribution >= 4 is 11.6 Å². The van der Waals surface area contributed by atoms with Gasteiger partial charge in [0.05, 0.1) is 6.10 Å². The smallest absolute Gasteiger partial charge is 0.258 e. The summed E-state index contributed by atoms with van der Waals surface area (Å²) in [6, 6.07) is 11.7. The van der Waals surface area contributed by atoms with E-state index in [2.05, 4.69) is 4.90 Å². The second-order valence-electron chi connectivity index (χ2n) is 7.48. The van der Waals surface area contributed by atoms with Gasteiger partial charge in [-0.05, 0) is 74.2 Å². The number of nitrogens with zero attached hydrogens (tertiary/aromatic N) is 2. The zero-order valence-electron chi connectivity index (χ0n) is 15.4. The molecular formula is C22H25FN2O2. The summed E-state index contributed by atoms with van der Waals surface area (Å²) in [6.07, 6.45) is 3.64. The first-order valence-electron chi connectivity index (χ1n) is 9.72. The Bertz CT molecular complexity index is 833. The molecule has 2 heterocycles. The summed E-state index contributed by atoms with van der Waals surface area (Å²) >= 11 is 0. The molecule has 0 spiro atoms. The molecular weight excluding hydrogens is 343 g/mol. The molecule has 0 saturated carbocycles. The second kappa shape index (κ2) is 7.79. The Morgan fingerprint density at radius 1 is 1.07 bits per heavy atom. The van der Waals surface area contributed by atoms with Gasteiger partial charge in [-0.25, -0.2) is 4.39 Å². The molecule has 0 radical (unpaired) electrons. The molecule has 5 heteroatoms. The molecule has 27 heavy (non-hydrogen) atoms. The van der Waals surface area contributed by atoms with Crippen LogP contribution in [-0.2, 0) is 6.42 Å². The first-order chi connectivity index (χ1) is 13.1. The van der Waals surface area contributed by atoms with Crippen LogP contribution < -0.4 is 4.90 Å². The van der Waals surface area contributed by atoms with E-state index < -0.39 is 11.9 Å². The maximum absolute atomic E-state index is 13.5. The molecule has 142 valence electrons. The number of aryl methyl sites for hydroxylation is 1. The van der Waals surface area contributed by atoms with Gasteiger partial charge in [-0.2, -0.15) is 0 Å². The number of carbonyl (C=O) groups is 1. The standard InChI is InChI=1S/C22H25FN2O2/c23-19-7-3-5-18(14-19)22(27)25-12-4-6-16-13-17(8-9-20(16)25)21(26)15-24-10-1-2-11-24/h3,5,7-9,13-14,21,26H,1-2,4,6,10-12,15H2. The summed E-state index contributed by atoms with van der Waals surface area (Å²) in [5.41, 5.74) is 3.21. The average Bonchev–Trinajstić information content (AvgIpc) is 3.19. The van der Waals surface area contributed by atoms with Gasteiger partial charge in [0.2, 0.25) is 0 Å². The van der Waals surface area contributed by atoms with Crippen molar-refractivity contribution in [3.05, 3.63) is 65.0 Å². The number of anilines is 1. The van der Waals surface area contributed by atoms with E-state index in [0.717, 1.165) is 42.7 Å². The highest BCUT2D eigenvalue weighted by Gasteiger charge is 2.25. The van der Waals surface area contributed by atoms with Crippen LogP contribution in [-0.4, -0.2) is 42.1 Å². The molecule has 4 rings (SSSR count). The van der Waals surface area contributed by atoms with Crippen LogP contribution in [0.3, 0.4) is 0 Å². The van der Waals surface area contributed by atoms with Crippen LogP contribution in [0.15, 0.2) is 42.5 Å². The number of rotatable bonds is 4. The Kier molecular flexibility index (Phi) is 5.23. The molecule has 0 bridgehead atoms. The highest BCUT2D eigenvalue weighted by atomic mass is 19.1. The molecule has 2 aliphatic heterocycles. The fraction of sp³-hybridized carbons (Fsp3) is 0.409. The average molecular weight is 368 g/mol. The largest absolute Gasteiger partial charge is 0.387 e. The molecule has 0 aliphatic carbocycles. The van der Waals surface area contributed by atoms with Crippen molar-refractivity contribution in [2.75, 3.05) is 31.1 Å². The predicted octanol–water partition coefficient (Wildman–Crippen LogP) is 3.55. The number of aliphatic hydroxyl groups excluding tert-OH is 1. The second-order valence-corrected chi connectivity index (χ2v) is 7.48. The summed E-state index contributed by atoms with van der Waals surface area (Å²) in [7, 11) is 0. The van der Waals surface area contributed by atoms with Crippen molar-refractivity contribution in [1.29, 1.82) is 0 Å². The summed E-state index contributed by atoms with van der Waals surface area (Å²) in [5, 5.41) is 10.6. The number of benzene rings is 2. The third kappa shape index (κ3) is 3.89. The molecule has 1 unspecified atom stereocenters. The fourth-order valence-electron chi connectivity index (χ4n) is 4.13. The van der Waals surface area contributed by atoms with E-state index >= 15 is 0 Å². The lowest BCUT2D eigenvalue weighted by Crippen LogP contribution is -2.35. The first-order valence-corrected chi connectivity index (χ1v) is 9.72. The van der Waals surface area contributed by atoms with E-state index in [1.54, 1.807) is 17.0 Å². The topological polar surface area (TPSA) is 43.8 Å². The minimum absolute atomic E-state index is 0.180. The number of hydrogen-bond donors (Lipinski definition) is 1. The normalized spacial score (nSPS) is 18.4. The molecule has 1 saturated heterocycles. The van der Waals surface area contributed by atoms with Gasteiger partial charge in [-0.1, -0.05) is 18.2 Å². The lowest BCUT2D eigenvalue weighted by atomic mass is 9.96. The van der Waals surface area contributed by atoms with Crippen molar-refractivity contribution in [1.82, 2.24) is 4.90 Å². The number of halogens is 1. The Hall–Kier alpha value is -2.24. The zero-order chi connectivity index (χ0) is 18.8. The van der Waals surface area contributed by atoms with Crippen molar-refractivity contribution in [2.45, 2.75) is 31.8 Å². The highest BCUT2D eigenvalue weighted by Crippen LogP contribution is 2.31. The molecule has 0 aromatic heterocycles. The van der Waals surface area contributed by atoms with Gasteiger partial charge < -0.3 is 14.9 Å². The van der Waals surface area contributed by atoms with Gasteiger partial charge in [0.25, 0.3) is 5.91 Å². The Balaban J connectivity index is 1.55. The number of aliphatic hydroxyl groups is 1. The van der Waals surface area contributed by atoms with Crippen molar-refractivity contribution in [3.63, 3.8) is 0 Å². The van der Waals surface area contributed by atoms with Crippen molar-refractivity contribution < 1.29 is 14.3 Å². The molecule has 1 amide bonds. The molecule has 2 aliphatic rings. The van der Waals surface area contributed by atoms with E-state index in [9.17, 15) is 14.3 Å². The third-order valence-electron chi connectivity index (χ3n) is 5.55. The quantitative estimate of drug-likeness (QED) is 0.898. The maximum atomic E-state index is 13.5. The first kappa shape index (κ1) is 18.1. The molecule has 2 aromatic rings. The predicted molar refractivity (Wildman–Crippen MR) is 103 cm³/mol. The fourth-order valence-corrected chi connectivity index (χ4v) is 4.13. The van der Waals surface area contributed by atoms with Crippen LogP contribution >= 0.6 is 0 Å². The van der Waals surface area contributed by atoms with E-state index in [-0.39, 0.29) is 5.91 Å². The number of carbonyl (C=O) groups excluding carboxylic acids is 1. The van der Waals surface area contributed by atoms with Gasteiger partial charge >= 0.3 is 0 Å². The summed E-state index contributed by atoms with van der Waals surface area (Å²) in [5.74, 6) is -0.584. The van der Waals surface area contributed by atoms with Gasteiger partial charge in [0.1, 0.15) is 5.82 Å². The van der Waals surface area contributed by atoms with Crippen LogP contribution in [0.2, 0.25) is 0 Å². The van der Waals surface area contributed by atoms with Crippen molar-refractivity contribution in [2.24, 2.45) is 0 Å². The van der Waals surface area contributed by atoms with Gasteiger partial charge in [0.15, 0.2) is 0 Å². The minimum atomic E-state index is -0.511. The van der Waals surface area contributed by atoms with E-state index in [4.69, 9.17) is 0 Å². The number of β-amino-alcohol motifs (C(OH)–C–C–N with tert-alkyl or cyclic N) is 1. The molecule has 1 atom stereocenters. The summed E-state index contributed by atoms with van der Waals surface area (Å²) < 4.78 is 13.5. The molecule has 2 aromatic carbocycles. The van der Waals surface area contributed by atoms with E-state index in [1.807, 2.05) is 18.2 Å². The van der Waals surface area contributed by atoms with Crippen LogP contribution in [0.1, 0.15) is 46.9 Å². The Morgan fingerprint density at radius 2 is 1.89 bits per heavy atom. The van der Waals surface area contributed by atoms with E-state index in [0.29, 0.717) is 18.7 Å². The molecule has 1 fully saturated rings. The van der Waals surface area contributed by atoms with Gasteiger partial charge in [-0.15, -0.1) is 0 Å². The third-order valence-corrected chi connectivity index (χ3v) is 5.55. The maximum Gasteiger partial charge on any atom is 0.258 e. The van der Waals surface area contributed by atoms with E-state index in [1.165, 1.54) is 25.0 Å². The number of fused-ring (bicyclic) bond motifs is 1. The number of amides is 1. The molecule has 4 nitrogen and oxygen atoms in total. The van der Waals surface area contributed by atoms with Crippen molar-refractivity contribution in [3.8, 4) is 0 Å².